The Bertz CT molecular complexity index is 521. The SMILES string of the molecule is O=c1[nH]c(C(Br)Br)nc2ccccc12. The second kappa shape index (κ2) is 3.82. The largest absolute Gasteiger partial charge is 0.308 e. The number of aromatic amines is 1. The van der Waals surface area contributed by atoms with Gasteiger partial charge in [0.05, 0.1) is 10.9 Å². The number of nitrogens with one attached hydrogen (secondary N) is 1. The summed E-state index contributed by atoms with van der Waals surface area (Å²) >= 11 is 6.57. The van der Waals surface area contributed by atoms with Crippen LogP contribution in [-0.4, -0.2) is 9.97 Å². The molecule has 0 radical (unpaired) electrons. The predicted molar refractivity (Wildman–Crippen MR) is 63.0 cm³/mol. The molecule has 0 aliphatic heterocycles. The van der Waals surface area contributed by atoms with Gasteiger partial charge < -0.3 is 4.98 Å². The standard InChI is InChI=1S/C9H6Br2N2O/c10-7(11)8-12-6-4-2-1-3-5(6)9(14)13-8/h1-4,7H,(H,12,13,14). The Morgan fingerprint density at radius 1 is 1.29 bits per heavy atom. The number of aromatic nitrogens is 2. The Balaban J connectivity index is 2.79. The van der Waals surface area contributed by atoms with Crippen LogP contribution in [0.25, 0.3) is 10.9 Å². The van der Waals surface area contributed by atoms with Crippen molar-refractivity contribution in [2.75, 3.05) is 0 Å². The zero-order valence-electron chi connectivity index (χ0n) is 7.00. The molecule has 0 saturated carbocycles. The lowest BCUT2D eigenvalue weighted by molar-refractivity contribution is 1.04. The van der Waals surface area contributed by atoms with Crippen LogP contribution in [0.1, 0.15) is 9.56 Å². The Morgan fingerprint density at radius 2 is 2.00 bits per heavy atom. The van der Waals surface area contributed by atoms with Crippen LogP contribution in [0.2, 0.25) is 0 Å². The summed E-state index contributed by atoms with van der Waals surface area (Å²) in [6.07, 6.45) is 0. The maximum atomic E-state index is 11.6. The number of nitrogens with zero attached hydrogens (tertiary/aromatic N) is 1. The average Bonchev–Trinajstić information content (AvgIpc) is 2.17. The van der Waals surface area contributed by atoms with E-state index in [0.29, 0.717) is 16.7 Å². The molecule has 1 N–H and O–H groups in total. The number of alkyl halides is 2. The predicted octanol–water partition coefficient (Wildman–Crippen LogP) is 2.71. The van der Waals surface area contributed by atoms with Crippen molar-refractivity contribution in [1.82, 2.24) is 9.97 Å². The van der Waals surface area contributed by atoms with Crippen molar-refractivity contribution in [2.24, 2.45) is 0 Å². The molecule has 2 rings (SSSR count). The Morgan fingerprint density at radius 3 is 2.71 bits per heavy atom. The number of rotatable bonds is 1. The van der Waals surface area contributed by atoms with Crippen molar-refractivity contribution >= 4 is 42.8 Å². The second-order valence-electron chi connectivity index (χ2n) is 2.77. The van der Waals surface area contributed by atoms with Crippen LogP contribution < -0.4 is 5.56 Å². The van der Waals surface area contributed by atoms with E-state index in [4.69, 9.17) is 0 Å². The Labute approximate surface area is 96.8 Å². The van der Waals surface area contributed by atoms with Crippen LogP contribution in [0.15, 0.2) is 29.1 Å². The first-order chi connectivity index (χ1) is 6.68. The van der Waals surface area contributed by atoms with Crippen molar-refractivity contribution in [3.63, 3.8) is 0 Å². The van der Waals surface area contributed by atoms with Crippen LogP contribution in [0, 0.1) is 0 Å². The van der Waals surface area contributed by atoms with Gasteiger partial charge in [-0.3, -0.25) is 4.79 Å². The van der Waals surface area contributed by atoms with Gasteiger partial charge in [0, 0.05) is 0 Å². The normalized spacial score (nSPS) is 11.1. The molecule has 1 heterocycles. The lowest BCUT2D eigenvalue weighted by atomic mass is 10.2. The summed E-state index contributed by atoms with van der Waals surface area (Å²) in [6.45, 7) is 0. The first-order valence-corrected chi connectivity index (χ1v) is 5.79. The molecule has 1 aromatic carbocycles. The summed E-state index contributed by atoms with van der Waals surface area (Å²) in [5.41, 5.74) is 0.588. The highest BCUT2D eigenvalue weighted by atomic mass is 79.9. The van der Waals surface area contributed by atoms with Gasteiger partial charge in [-0.15, -0.1) is 0 Å². The molecule has 2 aromatic rings. The third-order valence-corrected chi connectivity index (χ3v) is 2.71. The molecule has 0 spiro atoms. The van der Waals surface area contributed by atoms with Crippen LogP contribution in [-0.2, 0) is 0 Å². The quantitative estimate of drug-likeness (QED) is 0.822. The fourth-order valence-corrected chi connectivity index (χ4v) is 1.64. The van der Waals surface area contributed by atoms with Gasteiger partial charge in [-0.05, 0) is 12.1 Å². The average molecular weight is 318 g/mol. The molecule has 14 heavy (non-hydrogen) atoms. The number of benzene rings is 1. The van der Waals surface area contributed by atoms with Gasteiger partial charge >= 0.3 is 0 Å². The van der Waals surface area contributed by atoms with Crippen LogP contribution in [0.4, 0.5) is 0 Å². The van der Waals surface area contributed by atoms with E-state index < -0.39 is 0 Å². The molecule has 72 valence electrons. The molecule has 0 atom stereocenters. The molecule has 0 fully saturated rings. The number of hydrogen-bond donors (Lipinski definition) is 1. The third kappa shape index (κ3) is 1.74. The second-order valence-corrected chi connectivity index (χ2v) is 5.83. The highest BCUT2D eigenvalue weighted by Gasteiger charge is 2.07. The van der Waals surface area contributed by atoms with Crippen LogP contribution in [0.5, 0.6) is 0 Å². The van der Waals surface area contributed by atoms with E-state index in [1.54, 1.807) is 6.07 Å². The number of halogens is 2. The van der Waals surface area contributed by atoms with E-state index in [2.05, 4.69) is 41.8 Å². The Hall–Kier alpha value is -0.680. The lowest BCUT2D eigenvalue weighted by Crippen LogP contribution is -2.11. The molecular formula is C9H6Br2N2O. The van der Waals surface area contributed by atoms with Crippen molar-refractivity contribution in [3.8, 4) is 0 Å². The topological polar surface area (TPSA) is 45.8 Å². The van der Waals surface area contributed by atoms with E-state index >= 15 is 0 Å². The zero-order chi connectivity index (χ0) is 10.1. The minimum atomic E-state index is -0.132. The number of fused-ring (bicyclic) bond motifs is 1. The first kappa shape index (κ1) is 9.86. The fourth-order valence-electron chi connectivity index (χ4n) is 1.21. The van der Waals surface area contributed by atoms with E-state index in [1.807, 2.05) is 18.2 Å². The fraction of sp³-hybridized carbons (Fsp3) is 0.111. The van der Waals surface area contributed by atoms with Crippen molar-refractivity contribution in [1.29, 1.82) is 0 Å². The monoisotopic (exact) mass is 316 g/mol. The molecule has 0 aliphatic carbocycles. The van der Waals surface area contributed by atoms with Gasteiger partial charge in [0.25, 0.3) is 5.56 Å². The first-order valence-electron chi connectivity index (χ1n) is 3.95. The van der Waals surface area contributed by atoms with E-state index in [-0.39, 0.29) is 9.30 Å². The molecule has 0 amide bonds. The number of H-pyrrole nitrogens is 1. The maximum Gasteiger partial charge on any atom is 0.258 e. The molecule has 3 nitrogen and oxygen atoms in total. The minimum absolute atomic E-state index is 0.116. The molecule has 0 bridgehead atoms. The molecule has 0 saturated heterocycles. The van der Waals surface area contributed by atoms with Gasteiger partial charge in [0.2, 0.25) is 0 Å². The molecule has 5 heteroatoms. The minimum Gasteiger partial charge on any atom is -0.308 e. The molecule has 0 unspecified atom stereocenters. The maximum absolute atomic E-state index is 11.6. The van der Waals surface area contributed by atoms with Crippen LogP contribution in [0.3, 0.4) is 0 Å². The van der Waals surface area contributed by atoms with Gasteiger partial charge in [-0.1, -0.05) is 44.0 Å². The van der Waals surface area contributed by atoms with Crippen molar-refractivity contribution < 1.29 is 0 Å². The smallest absolute Gasteiger partial charge is 0.258 e. The van der Waals surface area contributed by atoms with Gasteiger partial charge in [-0.2, -0.15) is 0 Å². The highest BCUT2D eigenvalue weighted by Crippen LogP contribution is 2.25. The highest BCUT2D eigenvalue weighted by molar-refractivity contribution is 9.24. The summed E-state index contributed by atoms with van der Waals surface area (Å²) in [5, 5.41) is 0.608. The summed E-state index contributed by atoms with van der Waals surface area (Å²) in [5.74, 6) is 0.578. The van der Waals surface area contributed by atoms with Gasteiger partial charge in [0.1, 0.15) is 9.56 Å². The van der Waals surface area contributed by atoms with Crippen molar-refractivity contribution in [2.45, 2.75) is 3.74 Å². The van der Waals surface area contributed by atoms with Crippen molar-refractivity contribution in [3.05, 3.63) is 40.4 Å². The van der Waals surface area contributed by atoms with Crippen LogP contribution >= 0.6 is 31.9 Å². The third-order valence-electron chi connectivity index (χ3n) is 1.84. The Kier molecular flexibility index (Phi) is 2.69. The zero-order valence-corrected chi connectivity index (χ0v) is 10.2. The summed E-state index contributed by atoms with van der Waals surface area (Å²) in [7, 11) is 0. The van der Waals surface area contributed by atoms with Gasteiger partial charge in [-0.25, -0.2) is 4.98 Å². The number of hydrogen-bond acceptors (Lipinski definition) is 2. The molecular weight excluding hydrogens is 312 g/mol. The lowest BCUT2D eigenvalue weighted by Gasteiger charge is -2.02. The number of para-hydroxylation sites is 1. The van der Waals surface area contributed by atoms with Gasteiger partial charge in [0.15, 0.2) is 0 Å². The van der Waals surface area contributed by atoms with E-state index in [1.165, 1.54) is 0 Å². The summed E-state index contributed by atoms with van der Waals surface area (Å²) in [4.78, 5) is 18.5. The van der Waals surface area contributed by atoms with E-state index in [9.17, 15) is 4.79 Å². The molecule has 0 aliphatic rings. The summed E-state index contributed by atoms with van der Waals surface area (Å²) in [6, 6.07) is 7.24. The molecule has 1 aromatic heterocycles. The van der Waals surface area contributed by atoms with E-state index in [0.717, 1.165) is 0 Å². The summed E-state index contributed by atoms with van der Waals surface area (Å²) < 4.78 is -0.132.